The number of carbonyl (C=O) groups excluding carboxylic acids is 1. The largest absolute Gasteiger partial charge is 0.481 e. The number of nitrogens with zero attached hydrogens (tertiary/aromatic N) is 2. The SMILES string of the molecule is O=C(O)CC1S/C(=N\N=C\c2c(-c3ccccc3)[nH]c3ccccc23)NC1=O. The first-order valence-electron chi connectivity index (χ1n) is 8.58. The van der Waals surface area contributed by atoms with Crippen LogP contribution in [0.4, 0.5) is 0 Å². The van der Waals surface area contributed by atoms with Gasteiger partial charge in [0.2, 0.25) is 5.91 Å². The van der Waals surface area contributed by atoms with Crippen molar-refractivity contribution in [3.05, 3.63) is 60.2 Å². The smallest absolute Gasteiger partial charge is 0.305 e. The molecule has 7 nitrogen and oxygen atoms in total. The molecule has 1 unspecified atom stereocenters. The summed E-state index contributed by atoms with van der Waals surface area (Å²) in [6.45, 7) is 0. The lowest BCUT2D eigenvalue weighted by molar-refractivity contribution is -0.138. The summed E-state index contributed by atoms with van der Waals surface area (Å²) >= 11 is 1.08. The maximum absolute atomic E-state index is 11.8. The number of aromatic amines is 1. The molecule has 0 radical (unpaired) electrons. The highest BCUT2D eigenvalue weighted by Crippen LogP contribution is 2.29. The van der Waals surface area contributed by atoms with Crippen LogP contribution in [-0.2, 0) is 9.59 Å². The van der Waals surface area contributed by atoms with E-state index >= 15 is 0 Å². The van der Waals surface area contributed by atoms with Gasteiger partial charge in [-0.25, -0.2) is 0 Å². The number of carboxylic acid groups (broad SMARTS) is 1. The van der Waals surface area contributed by atoms with E-state index in [4.69, 9.17) is 5.11 Å². The van der Waals surface area contributed by atoms with Crippen molar-refractivity contribution in [2.45, 2.75) is 11.7 Å². The van der Waals surface area contributed by atoms with Crippen LogP contribution in [0.25, 0.3) is 22.2 Å². The minimum Gasteiger partial charge on any atom is -0.481 e. The van der Waals surface area contributed by atoms with Crippen LogP contribution in [0.1, 0.15) is 12.0 Å². The Morgan fingerprint density at radius 3 is 2.68 bits per heavy atom. The van der Waals surface area contributed by atoms with Gasteiger partial charge in [0.1, 0.15) is 5.25 Å². The Balaban J connectivity index is 1.65. The van der Waals surface area contributed by atoms with Crippen molar-refractivity contribution in [2.24, 2.45) is 10.2 Å². The van der Waals surface area contributed by atoms with Gasteiger partial charge < -0.3 is 15.4 Å². The summed E-state index contributed by atoms with van der Waals surface area (Å²) in [6.07, 6.45) is 1.39. The summed E-state index contributed by atoms with van der Waals surface area (Å²) in [4.78, 5) is 26.0. The molecule has 4 rings (SSSR count). The molecule has 1 aromatic heterocycles. The zero-order valence-corrected chi connectivity index (χ0v) is 15.4. The molecule has 8 heteroatoms. The normalized spacial score (nSPS) is 18.2. The van der Waals surface area contributed by atoms with Crippen LogP contribution in [0.5, 0.6) is 0 Å². The molecule has 0 spiro atoms. The van der Waals surface area contributed by atoms with E-state index in [1.807, 2.05) is 54.6 Å². The number of H-pyrrole nitrogens is 1. The van der Waals surface area contributed by atoms with Crippen LogP contribution in [0, 0.1) is 0 Å². The topological polar surface area (TPSA) is 107 Å². The van der Waals surface area contributed by atoms with E-state index in [0.717, 1.165) is 39.5 Å². The highest BCUT2D eigenvalue weighted by atomic mass is 32.2. The molecule has 2 heterocycles. The predicted molar refractivity (Wildman–Crippen MR) is 111 cm³/mol. The Morgan fingerprint density at radius 1 is 1.14 bits per heavy atom. The molecule has 3 aromatic rings. The molecule has 28 heavy (non-hydrogen) atoms. The van der Waals surface area contributed by atoms with Crippen molar-refractivity contribution >= 4 is 45.9 Å². The number of thioether (sulfide) groups is 1. The van der Waals surface area contributed by atoms with E-state index < -0.39 is 11.2 Å². The van der Waals surface area contributed by atoms with Gasteiger partial charge in [0.05, 0.1) is 18.3 Å². The zero-order valence-electron chi connectivity index (χ0n) is 14.6. The Bertz CT molecular complexity index is 1110. The number of para-hydroxylation sites is 1. The number of carboxylic acids is 1. The number of amides is 1. The minimum atomic E-state index is -1.02. The van der Waals surface area contributed by atoms with Crippen LogP contribution in [0.2, 0.25) is 0 Å². The van der Waals surface area contributed by atoms with Gasteiger partial charge in [-0.1, -0.05) is 60.3 Å². The molecular weight excluding hydrogens is 376 g/mol. The lowest BCUT2D eigenvalue weighted by Gasteiger charge is -2.00. The molecule has 1 fully saturated rings. The second kappa shape index (κ2) is 7.69. The van der Waals surface area contributed by atoms with E-state index in [2.05, 4.69) is 20.5 Å². The molecule has 1 aliphatic heterocycles. The van der Waals surface area contributed by atoms with Gasteiger partial charge >= 0.3 is 5.97 Å². The first-order chi connectivity index (χ1) is 13.6. The number of fused-ring (bicyclic) bond motifs is 1. The van der Waals surface area contributed by atoms with Gasteiger partial charge in [0.15, 0.2) is 5.17 Å². The van der Waals surface area contributed by atoms with Crippen LogP contribution >= 0.6 is 11.8 Å². The molecular formula is C20H16N4O3S. The third-order valence-electron chi connectivity index (χ3n) is 4.28. The number of carbonyl (C=O) groups is 2. The van der Waals surface area contributed by atoms with Crippen molar-refractivity contribution < 1.29 is 14.7 Å². The molecule has 1 saturated heterocycles. The molecule has 0 saturated carbocycles. The van der Waals surface area contributed by atoms with Gasteiger partial charge in [-0.05, 0) is 11.6 Å². The van der Waals surface area contributed by atoms with Crippen LogP contribution in [0.3, 0.4) is 0 Å². The highest BCUT2D eigenvalue weighted by Gasteiger charge is 2.32. The van der Waals surface area contributed by atoms with E-state index in [0.29, 0.717) is 5.17 Å². The summed E-state index contributed by atoms with van der Waals surface area (Å²) in [5.74, 6) is -1.39. The predicted octanol–water partition coefficient (Wildman–Crippen LogP) is 3.23. The Labute approximate surface area is 164 Å². The fourth-order valence-corrected chi connectivity index (χ4v) is 3.93. The molecule has 1 aliphatic rings. The third kappa shape index (κ3) is 3.67. The summed E-state index contributed by atoms with van der Waals surface area (Å²) in [5.41, 5.74) is 3.83. The lowest BCUT2D eigenvalue weighted by Crippen LogP contribution is -2.26. The Hall–Kier alpha value is -3.39. The quantitative estimate of drug-likeness (QED) is 0.458. The van der Waals surface area contributed by atoms with E-state index in [1.165, 1.54) is 0 Å². The second-order valence-corrected chi connectivity index (χ2v) is 7.36. The van der Waals surface area contributed by atoms with E-state index in [1.54, 1.807) is 6.21 Å². The average molecular weight is 392 g/mol. The van der Waals surface area contributed by atoms with Crippen molar-refractivity contribution in [1.82, 2.24) is 10.3 Å². The molecule has 0 aliphatic carbocycles. The number of nitrogens with one attached hydrogen (secondary N) is 2. The van der Waals surface area contributed by atoms with E-state index in [9.17, 15) is 9.59 Å². The number of amidine groups is 1. The molecule has 2 aromatic carbocycles. The van der Waals surface area contributed by atoms with E-state index in [-0.39, 0.29) is 12.3 Å². The lowest BCUT2D eigenvalue weighted by atomic mass is 10.1. The number of aliphatic carboxylic acids is 1. The maximum atomic E-state index is 11.8. The molecule has 0 bridgehead atoms. The van der Waals surface area contributed by atoms with Gasteiger partial charge in [0.25, 0.3) is 0 Å². The molecule has 3 N–H and O–H groups in total. The summed E-state index contributed by atoms with van der Waals surface area (Å²) in [7, 11) is 0. The number of hydrogen-bond acceptors (Lipinski definition) is 5. The number of benzene rings is 2. The van der Waals surface area contributed by atoms with Gasteiger partial charge in [-0.2, -0.15) is 5.10 Å². The van der Waals surface area contributed by atoms with Gasteiger partial charge in [-0.15, -0.1) is 5.10 Å². The molecule has 1 atom stereocenters. The number of rotatable bonds is 5. The summed E-state index contributed by atoms with van der Waals surface area (Å²) in [5, 5.41) is 20.2. The van der Waals surface area contributed by atoms with Crippen molar-refractivity contribution in [3.8, 4) is 11.3 Å². The standard InChI is InChI=1S/C20H16N4O3S/c25-17(26)10-16-19(27)23-20(28-16)24-21-11-14-13-8-4-5-9-15(13)22-18(14)12-6-2-1-3-7-12/h1-9,11,16,22H,10H2,(H,25,26)(H,23,24,27)/b21-11+. The van der Waals surface area contributed by atoms with Crippen molar-refractivity contribution in [2.75, 3.05) is 0 Å². The zero-order chi connectivity index (χ0) is 19.5. The number of hydrogen-bond donors (Lipinski definition) is 3. The van der Waals surface area contributed by atoms with Crippen molar-refractivity contribution in [1.29, 1.82) is 0 Å². The maximum Gasteiger partial charge on any atom is 0.305 e. The fourth-order valence-electron chi connectivity index (χ4n) is 3.01. The van der Waals surface area contributed by atoms with Crippen LogP contribution in [-0.4, -0.2) is 38.6 Å². The highest BCUT2D eigenvalue weighted by molar-refractivity contribution is 8.15. The summed E-state index contributed by atoms with van der Waals surface area (Å²) < 4.78 is 0. The second-order valence-electron chi connectivity index (χ2n) is 6.17. The Kier molecular flexibility index (Phi) is 4.94. The fraction of sp³-hybridized carbons (Fsp3) is 0.100. The van der Waals surface area contributed by atoms with Crippen LogP contribution in [0.15, 0.2) is 64.8 Å². The summed E-state index contributed by atoms with van der Waals surface area (Å²) in [6, 6.07) is 17.8. The van der Waals surface area contributed by atoms with Crippen LogP contribution < -0.4 is 5.32 Å². The third-order valence-corrected chi connectivity index (χ3v) is 5.35. The first-order valence-corrected chi connectivity index (χ1v) is 9.46. The van der Waals surface area contributed by atoms with Gasteiger partial charge in [-0.3, -0.25) is 9.59 Å². The van der Waals surface area contributed by atoms with Gasteiger partial charge in [0, 0.05) is 16.5 Å². The monoisotopic (exact) mass is 392 g/mol. The first kappa shape index (κ1) is 18.0. The average Bonchev–Trinajstić information content (AvgIpc) is 3.23. The molecule has 1 amide bonds. The van der Waals surface area contributed by atoms with Crippen molar-refractivity contribution in [3.63, 3.8) is 0 Å². The molecule has 140 valence electrons. The number of aromatic nitrogens is 1. The Morgan fingerprint density at radius 2 is 1.89 bits per heavy atom. The minimum absolute atomic E-state index is 0.250.